The molecule has 20 heavy (non-hydrogen) atoms. The van der Waals surface area contributed by atoms with Crippen LogP contribution in [0.3, 0.4) is 0 Å². The van der Waals surface area contributed by atoms with Crippen molar-refractivity contribution in [2.24, 2.45) is 0 Å². The Morgan fingerprint density at radius 3 is 2.45 bits per heavy atom. The second-order valence-corrected chi connectivity index (χ2v) is 9.41. The van der Waals surface area contributed by atoms with Gasteiger partial charge in [-0.05, 0) is 40.9 Å². The number of hydrogen-bond acceptors (Lipinski definition) is 4. The molecular weight excluding hydrogens is 364 g/mol. The van der Waals surface area contributed by atoms with E-state index in [0.717, 1.165) is 3.79 Å². The highest BCUT2D eigenvalue weighted by Crippen LogP contribution is 2.25. The van der Waals surface area contributed by atoms with Crippen molar-refractivity contribution in [2.75, 3.05) is 26.4 Å². The van der Waals surface area contributed by atoms with Gasteiger partial charge in [-0.15, -0.1) is 11.3 Å². The lowest BCUT2D eigenvalue weighted by Crippen LogP contribution is -2.46. The SMILES string of the molecule is CN(C1CCN(C(=O)c2ccc(Br)s2)CC1)S(C)(=O)=O. The summed E-state index contributed by atoms with van der Waals surface area (Å²) in [4.78, 5) is 14.8. The van der Waals surface area contributed by atoms with Crippen LogP contribution in [-0.2, 0) is 10.0 Å². The number of halogens is 1. The van der Waals surface area contributed by atoms with Crippen LogP contribution < -0.4 is 0 Å². The fourth-order valence-electron chi connectivity index (χ4n) is 2.29. The minimum Gasteiger partial charge on any atom is -0.338 e. The molecule has 1 fully saturated rings. The van der Waals surface area contributed by atoms with Crippen LogP contribution in [0.4, 0.5) is 0 Å². The van der Waals surface area contributed by atoms with Gasteiger partial charge in [0, 0.05) is 26.2 Å². The third-order valence-corrected chi connectivity index (χ3v) is 6.53. The summed E-state index contributed by atoms with van der Waals surface area (Å²) in [7, 11) is -1.56. The zero-order chi connectivity index (χ0) is 14.9. The monoisotopic (exact) mass is 380 g/mol. The molecule has 1 aromatic heterocycles. The molecule has 0 radical (unpaired) electrons. The predicted molar refractivity (Wildman–Crippen MR) is 83.6 cm³/mol. The number of piperidine rings is 1. The molecule has 0 saturated carbocycles. The van der Waals surface area contributed by atoms with Crippen molar-refractivity contribution in [3.05, 3.63) is 20.8 Å². The molecule has 1 amide bonds. The van der Waals surface area contributed by atoms with Crippen LogP contribution >= 0.6 is 27.3 Å². The highest BCUT2D eigenvalue weighted by Gasteiger charge is 2.29. The van der Waals surface area contributed by atoms with Crippen LogP contribution in [0.5, 0.6) is 0 Å². The highest BCUT2D eigenvalue weighted by atomic mass is 79.9. The van der Waals surface area contributed by atoms with Crippen molar-refractivity contribution in [1.82, 2.24) is 9.21 Å². The van der Waals surface area contributed by atoms with Gasteiger partial charge in [-0.25, -0.2) is 12.7 Å². The fourth-order valence-corrected chi connectivity index (χ4v) is 4.39. The van der Waals surface area contributed by atoms with Gasteiger partial charge in [0.15, 0.2) is 0 Å². The third kappa shape index (κ3) is 3.60. The fraction of sp³-hybridized carbons (Fsp3) is 0.583. The van der Waals surface area contributed by atoms with Gasteiger partial charge in [0.2, 0.25) is 10.0 Å². The van der Waals surface area contributed by atoms with Crippen molar-refractivity contribution in [3.63, 3.8) is 0 Å². The van der Waals surface area contributed by atoms with Crippen molar-refractivity contribution in [1.29, 1.82) is 0 Å². The number of amides is 1. The van der Waals surface area contributed by atoms with Gasteiger partial charge in [-0.1, -0.05) is 0 Å². The van der Waals surface area contributed by atoms with Crippen LogP contribution in [0.15, 0.2) is 15.9 Å². The van der Waals surface area contributed by atoms with Gasteiger partial charge >= 0.3 is 0 Å². The first-order valence-corrected chi connectivity index (χ1v) is 9.72. The number of sulfonamides is 1. The third-order valence-electron chi connectivity index (χ3n) is 3.57. The number of nitrogens with zero attached hydrogens (tertiary/aromatic N) is 2. The quantitative estimate of drug-likeness (QED) is 0.805. The molecular formula is C12H17BrN2O3S2. The second-order valence-electron chi connectivity index (χ2n) is 4.91. The van der Waals surface area contributed by atoms with Gasteiger partial charge in [0.1, 0.15) is 0 Å². The highest BCUT2D eigenvalue weighted by molar-refractivity contribution is 9.11. The molecule has 2 heterocycles. The standard InChI is InChI=1S/C12H17BrN2O3S2/c1-14(20(2,17)18)9-5-7-15(8-6-9)12(16)10-3-4-11(13)19-10/h3-4,9H,5-8H2,1-2H3. The van der Waals surface area contributed by atoms with Crippen molar-refractivity contribution >= 4 is 43.2 Å². The Morgan fingerprint density at radius 2 is 2.00 bits per heavy atom. The maximum atomic E-state index is 12.3. The van der Waals surface area contributed by atoms with Crippen LogP contribution in [-0.4, -0.2) is 56.0 Å². The minimum atomic E-state index is -3.16. The number of carbonyl (C=O) groups is 1. The summed E-state index contributed by atoms with van der Waals surface area (Å²) < 4.78 is 25.4. The minimum absolute atomic E-state index is 0.0101. The summed E-state index contributed by atoms with van der Waals surface area (Å²) in [5, 5.41) is 0. The summed E-state index contributed by atoms with van der Waals surface area (Å²) in [6.45, 7) is 1.19. The second kappa shape index (κ2) is 6.13. The van der Waals surface area contributed by atoms with E-state index in [1.54, 1.807) is 11.9 Å². The lowest BCUT2D eigenvalue weighted by molar-refractivity contribution is 0.0691. The molecule has 0 aliphatic carbocycles. The van der Waals surface area contributed by atoms with E-state index < -0.39 is 10.0 Å². The normalized spacial score (nSPS) is 17.7. The Hall–Kier alpha value is -0.440. The van der Waals surface area contributed by atoms with Gasteiger partial charge in [-0.2, -0.15) is 0 Å². The van der Waals surface area contributed by atoms with E-state index in [1.165, 1.54) is 21.9 Å². The van der Waals surface area contributed by atoms with E-state index in [9.17, 15) is 13.2 Å². The topological polar surface area (TPSA) is 57.7 Å². The molecule has 1 aliphatic rings. The zero-order valence-corrected chi connectivity index (χ0v) is 14.6. The molecule has 1 saturated heterocycles. The summed E-state index contributed by atoms with van der Waals surface area (Å²) >= 11 is 4.77. The maximum Gasteiger partial charge on any atom is 0.263 e. The molecule has 0 spiro atoms. The Morgan fingerprint density at radius 1 is 1.40 bits per heavy atom. The predicted octanol–water partition coefficient (Wildman–Crippen LogP) is 2.01. The van der Waals surface area contributed by atoms with Crippen LogP contribution in [0, 0.1) is 0 Å². The van der Waals surface area contributed by atoms with Crippen LogP contribution in [0.1, 0.15) is 22.5 Å². The molecule has 112 valence electrons. The van der Waals surface area contributed by atoms with E-state index in [2.05, 4.69) is 15.9 Å². The molecule has 0 unspecified atom stereocenters. The molecule has 1 aromatic rings. The van der Waals surface area contributed by atoms with Gasteiger partial charge in [0.05, 0.1) is 14.9 Å². The van der Waals surface area contributed by atoms with Crippen LogP contribution in [0.2, 0.25) is 0 Å². The summed E-state index contributed by atoms with van der Waals surface area (Å²) in [5.41, 5.74) is 0. The van der Waals surface area contributed by atoms with Crippen LogP contribution in [0.25, 0.3) is 0 Å². The number of likely N-dealkylation sites (tertiary alicyclic amines) is 1. The zero-order valence-electron chi connectivity index (χ0n) is 11.4. The van der Waals surface area contributed by atoms with E-state index in [4.69, 9.17) is 0 Å². The number of carbonyl (C=O) groups excluding carboxylic acids is 1. The van der Waals surface area contributed by atoms with E-state index in [0.29, 0.717) is 30.8 Å². The summed E-state index contributed by atoms with van der Waals surface area (Å²) in [6.07, 6.45) is 2.58. The summed E-state index contributed by atoms with van der Waals surface area (Å²) in [6, 6.07) is 3.66. The molecule has 1 aliphatic heterocycles. The Labute approximate surface area is 131 Å². The average Bonchev–Trinajstić information content (AvgIpc) is 2.83. The molecule has 5 nitrogen and oxygen atoms in total. The first kappa shape index (κ1) is 15.9. The lowest BCUT2D eigenvalue weighted by Gasteiger charge is -2.35. The van der Waals surface area contributed by atoms with Crippen molar-refractivity contribution in [2.45, 2.75) is 18.9 Å². The molecule has 0 atom stereocenters. The number of hydrogen-bond donors (Lipinski definition) is 0. The van der Waals surface area contributed by atoms with Crippen molar-refractivity contribution in [3.8, 4) is 0 Å². The van der Waals surface area contributed by atoms with Gasteiger partial charge < -0.3 is 4.90 Å². The molecule has 0 bridgehead atoms. The number of thiophene rings is 1. The first-order valence-electron chi connectivity index (χ1n) is 6.26. The molecule has 0 N–H and O–H groups in total. The van der Waals surface area contributed by atoms with E-state index >= 15 is 0 Å². The first-order chi connectivity index (χ1) is 9.29. The Kier molecular flexibility index (Phi) is 4.88. The van der Waals surface area contributed by atoms with Gasteiger partial charge in [-0.3, -0.25) is 4.79 Å². The van der Waals surface area contributed by atoms with E-state index in [-0.39, 0.29) is 11.9 Å². The molecule has 2 rings (SSSR count). The van der Waals surface area contributed by atoms with Gasteiger partial charge in [0.25, 0.3) is 5.91 Å². The molecule has 8 heteroatoms. The lowest BCUT2D eigenvalue weighted by atomic mass is 10.1. The Balaban J connectivity index is 1.96. The largest absolute Gasteiger partial charge is 0.338 e. The maximum absolute atomic E-state index is 12.3. The van der Waals surface area contributed by atoms with Crippen molar-refractivity contribution < 1.29 is 13.2 Å². The molecule has 0 aromatic carbocycles. The smallest absolute Gasteiger partial charge is 0.263 e. The number of rotatable bonds is 3. The average molecular weight is 381 g/mol. The Bertz CT molecular complexity index is 592. The van der Waals surface area contributed by atoms with E-state index in [1.807, 2.05) is 12.1 Å². The summed E-state index contributed by atoms with van der Waals surface area (Å²) in [5.74, 6) is 0.0289.